The highest BCUT2D eigenvalue weighted by Crippen LogP contribution is 2.13. The molecular formula is C12H13FN4O. The van der Waals surface area contributed by atoms with E-state index in [-0.39, 0.29) is 17.6 Å². The third-order valence-corrected chi connectivity index (χ3v) is 2.50. The number of ketones is 1. The van der Waals surface area contributed by atoms with Gasteiger partial charge in [0.2, 0.25) is 0 Å². The molecule has 0 saturated carbocycles. The van der Waals surface area contributed by atoms with Crippen LogP contribution in [0, 0.1) is 18.7 Å². The predicted octanol–water partition coefficient (Wildman–Crippen LogP) is 1.95. The van der Waals surface area contributed by atoms with Gasteiger partial charge in [-0.15, -0.1) is 0 Å². The Morgan fingerprint density at radius 2 is 1.94 bits per heavy atom. The highest BCUT2D eigenvalue weighted by atomic mass is 19.1. The number of halogens is 1. The van der Waals surface area contributed by atoms with Crippen molar-refractivity contribution in [3.8, 4) is 5.95 Å². The zero-order chi connectivity index (χ0) is 13.3. The molecule has 0 fully saturated rings. The Kier molecular flexibility index (Phi) is 3.18. The summed E-state index contributed by atoms with van der Waals surface area (Å²) in [6.07, 6.45) is 3.69. The van der Waals surface area contributed by atoms with Crippen molar-refractivity contribution in [2.75, 3.05) is 0 Å². The van der Waals surface area contributed by atoms with E-state index in [1.807, 2.05) is 13.8 Å². The number of hydrogen-bond donors (Lipinski definition) is 0. The van der Waals surface area contributed by atoms with Crippen LogP contribution in [0.2, 0.25) is 0 Å². The van der Waals surface area contributed by atoms with Gasteiger partial charge in [0, 0.05) is 12.1 Å². The van der Waals surface area contributed by atoms with Crippen molar-refractivity contribution in [3.63, 3.8) is 0 Å². The van der Waals surface area contributed by atoms with E-state index in [0.29, 0.717) is 11.3 Å². The largest absolute Gasteiger partial charge is 0.294 e. The summed E-state index contributed by atoms with van der Waals surface area (Å²) < 4.78 is 14.1. The van der Waals surface area contributed by atoms with Crippen molar-refractivity contribution in [2.45, 2.75) is 20.8 Å². The standard InChI is InChI=1S/C12H13FN4O/c1-7(2)11(18)10-6-17(16-8(10)3)12-14-4-9(13)5-15-12/h4-7H,1-3H3. The van der Waals surface area contributed by atoms with Gasteiger partial charge < -0.3 is 0 Å². The number of Topliss-reactive ketones (excluding diaryl/α,β-unsaturated/α-hetero) is 1. The Bertz CT molecular complexity index is 574. The molecule has 0 aliphatic carbocycles. The van der Waals surface area contributed by atoms with Crippen LogP contribution in [0.1, 0.15) is 29.9 Å². The van der Waals surface area contributed by atoms with Crippen LogP contribution in [-0.4, -0.2) is 25.5 Å². The van der Waals surface area contributed by atoms with E-state index in [1.165, 1.54) is 4.68 Å². The molecule has 94 valence electrons. The maximum absolute atomic E-state index is 12.7. The van der Waals surface area contributed by atoms with Crippen molar-refractivity contribution in [1.82, 2.24) is 19.7 Å². The summed E-state index contributed by atoms with van der Waals surface area (Å²) in [6.45, 7) is 5.40. The molecule has 0 atom stereocenters. The van der Waals surface area contributed by atoms with E-state index in [4.69, 9.17) is 0 Å². The number of aromatic nitrogens is 4. The minimum Gasteiger partial charge on any atom is -0.294 e. The first kappa shape index (κ1) is 12.3. The fourth-order valence-corrected chi connectivity index (χ4v) is 1.54. The molecule has 0 amide bonds. The van der Waals surface area contributed by atoms with Gasteiger partial charge in [-0.2, -0.15) is 5.10 Å². The van der Waals surface area contributed by atoms with Gasteiger partial charge in [0.15, 0.2) is 11.6 Å². The summed E-state index contributed by atoms with van der Waals surface area (Å²) in [6, 6.07) is 0. The van der Waals surface area contributed by atoms with Crippen LogP contribution >= 0.6 is 0 Å². The molecule has 2 aromatic rings. The normalized spacial score (nSPS) is 10.9. The van der Waals surface area contributed by atoms with E-state index >= 15 is 0 Å². The lowest BCUT2D eigenvalue weighted by Gasteiger charge is -2.00. The van der Waals surface area contributed by atoms with Gasteiger partial charge in [0.05, 0.1) is 23.7 Å². The van der Waals surface area contributed by atoms with E-state index in [9.17, 15) is 9.18 Å². The summed E-state index contributed by atoms with van der Waals surface area (Å²) in [7, 11) is 0. The van der Waals surface area contributed by atoms with Crippen molar-refractivity contribution < 1.29 is 9.18 Å². The summed E-state index contributed by atoms with van der Waals surface area (Å²) in [4.78, 5) is 19.5. The van der Waals surface area contributed by atoms with E-state index in [1.54, 1.807) is 13.1 Å². The van der Waals surface area contributed by atoms with Crippen molar-refractivity contribution in [3.05, 3.63) is 35.7 Å². The Labute approximate surface area is 104 Å². The molecule has 0 unspecified atom stereocenters. The lowest BCUT2D eigenvalue weighted by atomic mass is 10.0. The van der Waals surface area contributed by atoms with Crippen molar-refractivity contribution in [1.29, 1.82) is 0 Å². The van der Waals surface area contributed by atoms with Crippen molar-refractivity contribution >= 4 is 5.78 Å². The molecule has 2 rings (SSSR count). The number of rotatable bonds is 3. The van der Waals surface area contributed by atoms with Gasteiger partial charge in [-0.05, 0) is 6.92 Å². The Balaban J connectivity index is 2.40. The zero-order valence-corrected chi connectivity index (χ0v) is 10.4. The maximum Gasteiger partial charge on any atom is 0.250 e. The summed E-state index contributed by atoms with van der Waals surface area (Å²) in [5.41, 5.74) is 1.15. The van der Waals surface area contributed by atoms with Gasteiger partial charge >= 0.3 is 0 Å². The molecular weight excluding hydrogens is 235 g/mol. The first-order chi connectivity index (χ1) is 8.49. The monoisotopic (exact) mass is 248 g/mol. The van der Waals surface area contributed by atoms with Gasteiger partial charge in [-0.1, -0.05) is 13.8 Å². The number of aryl methyl sites for hydroxylation is 1. The fourth-order valence-electron chi connectivity index (χ4n) is 1.54. The fraction of sp³-hybridized carbons (Fsp3) is 0.333. The van der Waals surface area contributed by atoms with Crippen LogP contribution in [-0.2, 0) is 0 Å². The molecule has 2 aromatic heterocycles. The predicted molar refractivity (Wildman–Crippen MR) is 63.0 cm³/mol. The van der Waals surface area contributed by atoms with Crippen LogP contribution in [0.5, 0.6) is 0 Å². The summed E-state index contributed by atoms with van der Waals surface area (Å²) in [5, 5.41) is 4.16. The van der Waals surface area contributed by atoms with Crippen LogP contribution < -0.4 is 0 Å². The lowest BCUT2D eigenvalue weighted by Crippen LogP contribution is -2.07. The minimum atomic E-state index is -0.513. The first-order valence-electron chi connectivity index (χ1n) is 5.57. The van der Waals surface area contributed by atoms with E-state index in [2.05, 4.69) is 15.1 Å². The van der Waals surface area contributed by atoms with Crippen LogP contribution in [0.3, 0.4) is 0 Å². The average Bonchev–Trinajstić information content (AvgIpc) is 2.71. The van der Waals surface area contributed by atoms with Gasteiger partial charge in [0.1, 0.15) is 0 Å². The molecule has 2 heterocycles. The highest BCUT2D eigenvalue weighted by Gasteiger charge is 2.17. The molecule has 18 heavy (non-hydrogen) atoms. The SMILES string of the molecule is Cc1nn(-c2ncc(F)cn2)cc1C(=O)C(C)C. The molecule has 0 radical (unpaired) electrons. The number of carbonyl (C=O) groups excluding carboxylic acids is 1. The maximum atomic E-state index is 12.7. The van der Waals surface area contributed by atoms with Gasteiger partial charge in [-0.3, -0.25) is 4.79 Å². The topological polar surface area (TPSA) is 60.7 Å². The Hall–Kier alpha value is -2.11. The Morgan fingerprint density at radius 3 is 2.50 bits per heavy atom. The first-order valence-corrected chi connectivity index (χ1v) is 5.57. The number of carbonyl (C=O) groups is 1. The quantitative estimate of drug-likeness (QED) is 0.779. The van der Waals surface area contributed by atoms with Crippen molar-refractivity contribution in [2.24, 2.45) is 5.92 Å². The highest BCUT2D eigenvalue weighted by molar-refractivity contribution is 5.98. The average molecular weight is 248 g/mol. The molecule has 0 aromatic carbocycles. The minimum absolute atomic E-state index is 0.0147. The van der Waals surface area contributed by atoms with E-state index in [0.717, 1.165) is 12.4 Å². The van der Waals surface area contributed by atoms with Crippen LogP contribution in [0.4, 0.5) is 4.39 Å². The van der Waals surface area contributed by atoms with Crippen LogP contribution in [0.25, 0.3) is 5.95 Å². The molecule has 0 aliphatic heterocycles. The molecule has 0 bridgehead atoms. The molecule has 0 spiro atoms. The molecule has 0 aliphatic rings. The third-order valence-electron chi connectivity index (χ3n) is 2.50. The molecule has 6 heteroatoms. The van der Waals surface area contributed by atoms with Crippen LogP contribution in [0.15, 0.2) is 18.6 Å². The summed E-state index contributed by atoms with van der Waals surface area (Å²) in [5.74, 6) is -0.361. The smallest absolute Gasteiger partial charge is 0.250 e. The second kappa shape index (κ2) is 4.64. The zero-order valence-electron chi connectivity index (χ0n) is 10.4. The Morgan fingerprint density at radius 1 is 1.33 bits per heavy atom. The second-order valence-corrected chi connectivity index (χ2v) is 4.29. The second-order valence-electron chi connectivity index (χ2n) is 4.29. The molecule has 5 nitrogen and oxygen atoms in total. The molecule has 0 saturated heterocycles. The number of nitrogens with zero attached hydrogens (tertiary/aromatic N) is 4. The molecule has 0 N–H and O–H groups in total. The van der Waals surface area contributed by atoms with E-state index < -0.39 is 5.82 Å². The van der Waals surface area contributed by atoms with Gasteiger partial charge in [0.25, 0.3) is 5.95 Å². The lowest BCUT2D eigenvalue weighted by molar-refractivity contribution is 0.0939. The third kappa shape index (κ3) is 2.27. The van der Waals surface area contributed by atoms with Gasteiger partial charge in [-0.25, -0.2) is 19.0 Å². The number of hydrogen-bond acceptors (Lipinski definition) is 4. The summed E-state index contributed by atoms with van der Waals surface area (Å²) >= 11 is 0.